The van der Waals surface area contributed by atoms with Gasteiger partial charge in [0, 0.05) is 24.7 Å². The van der Waals surface area contributed by atoms with Crippen LogP contribution in [0.3, 0.4) is 0 Å². The first-order valence-corrected chi connectivity index (χ1v) is 6.55. The van der Waals surface area contributed by atoms with Crippen LogP contribution < -0.4 is 11.1 Å². The van der Waals surface area contributed by atoms with E-state index in [0.29, 0.717) is 12.1 Å². The minimum Gasteiger partial charge on any atom is -0.380 e. The monoisotopic (exact) mass is 283 g/mol. The van der Waals surface area contributed by atoms with E-state index in [1.165, 1.54) is 6.92 Å². The van der Waals surface area contributed by atoms with Crippen LogP contribution in [-0.2, 0) is 16.2 Å². The van der Waals surface area contributed by atoms with Crippen LogP contribution in [0.2, 0.25) is 0 Å². The smallest absolute Gasteiger partial charge is 0.332 e. The number of carbonyl (C=O) groups is 1. The number of benzene rings is 2. The zero-order valence-electron chi connectivity index (χ0n) is 11.7. The second-order valence-corrected chi connectivity index (χ2v) is 4.44. The lowest BCUT2D eigenvalue weighted by Crippen LogP contribution is -2.17. The van der Waals surface area contributed by atoms with E-state index >= 15 is 0 Å². The van der Waals surface area contributed by atoms with E-state index < -0.39 is 5.97 Å². The number of nitrogens with two attached hydrogens (primary N) is 1. The summed E-state index contributed by atoms with van der Waals surface area (Å²) in [7, 11) is 0. The van der Waals surface area contributed by atoms with E-state index in [9.17, 15) is 4.79 Å². The largest absolute Gasteiger partial charge is 0.380 e. The molecule has 0 bridgehead atoms. The molecule has 0 aliphatic carbocycles. The maximum Gasteiger partial charge on any atom is 0.332 e. The van der Waals surface area contributed by atoms with Gasteiger partial charge in [-0.3, -0.25) is 0 Å². The molecule has 0 atom stereocenters. The molecule has 2 aromatic rings. The summed E-state index contributed by atoms with van der Waals surface area (Å²) < 4.78 is 0. The Hall–Kier alpha value is -2.82. The number of rotatable bonds is 5. The maximum atomic E-state index is 10.8. The molecule has 0 aromatic heterocycles. The van der Waals surface area contributed by atoms with Crippen LogP contribution in [0.5, 0.6) is 0 Å². The summed E-state index contributed by atoms with van der Waals surface area (Å²) in [5, 5.41) is 6.91. The lowest BCUT2D eigenvalue weighted by molar-refractivity contribution is -0.140. The highest BCUT2D eigenvalue weighted by molar-refractivity contribution is 6.02. The van der Waals surface area contributed by atoms with Crippen molar-refractivity contribution in [1.29, 1.82) is 0 Å². The molecule has 0 saturated heterocycles. The molecule has 0 aliphatic rings. The SMILES string of the molecule is CC(=O)ON=C(N)c1ccccc1NCc1ccccc1. The minimum absolute atomic E-state index is 0.154. The number of nitrogens with one attached hydrogen (secondary N) is 1. The fourth-order valence-corrected chi connectivity index (χ4v) is 1.82. The third kappa shape index (κ3) is 4.35. The number of para-hydroxylation sites is 1. The van der Waals surface area contributed by atoms with Crippen LogP contribution in [0.15, 0.2) is 59.8 Å². The third-order valence-corrected chi connectivity index (χ3v) is 2.80. The Bertz CT molecular complexity index is 639. The van der Waals surface area contributed by atoms with E-state index in [0.717, 1.165) is 11.3 Å². The summed E-state index contributed by atoms with van der Waals surface area (Å²) in [6, 6.07) is 17.5. The van der Waals surface area contributed by atoms with Gasteiger partial charge in [-0.1, -0.05) is 47.6 Å². The van der Waals surface area contributed by atoms with Crippen molar-refractivity contribution in [3.05, 3.63) is 65.7 Å². The Morgan fingerprint density at radius 2 is 1.81 bits per heavy atom. The first-order chi connectivity index (χ1) is 10.2. The van der Waals surface area contributed by atoms with Gasteiger partial charge in [-0.05, 0) is 17.7 Å². The molecule has 3 N–H and O–H groups in total. The fourth-order valence-electron chi connectivity index (χ4n) is 1.82. The summed E-state index contributed by atoms with van der Waals surface area (Å²) in [5.74, 6) is -0.353. The number of hydrogen-bond donors (Lipinski definition) is 2. The molecule has 0 radical (unpaired) electrons. The Kier molecular flexibility index (Phi) is 4.93. The Balaban J connectivity index is 2.13. The van der Waals surface area contributed by atoms with Gasteiger partial charge < -0.3 is 15.9 Å². The molecule has 2 aromatic carbocycles. The van der Waals surface area contributed by atoms with E-state index in [1.54, 1.807) is 0 Å². The summed E-state index contributed by atoms with van der Waals surface area (Å²) in [5.41, 5.74) is 8.52. The van der Waals surface area contributed by atoms with Gasteiger partial charge in [0.05, 0.1) is 0 Å². The quantitative estimate of drug-likeness (QED) is 0.382. The van der Waals surface area contributed by atoms with Crippen LogP contribution in [0, 0.1) is 0 Å². The molecule has 2 rings (SSSR count). The highest BCUT2D eigenvalue weighted by Gasteiger charge is 2.06. The Morgan fingerprint density at radius 1 is 1.14 bits per heavy atom. The summed E-state index contributed by atoms with van der Waals surface area (Å²) in [6.45, 7) is 1.94. The molecule has 0 heterocycles. The van der Waals surface area contributed by atoms with Crippen molar-refractivity contribution < 1.29 is 9.63 Å². The number of anilines is 1. The molecule has 0 unspecified atom stereocenters. The third-order valence-electron chi connectivity index (χ3n) is 2.80. The lowest BCUT2D eigenvalue weighted by atomic mass is 10.1. The minimum atomic E-state index is -0.507. The van der Waals surface area contributed by atoms with Gasteiger partial charge in [0.2, 0.25) is 0 Å². The zero-order valence-corrected chi connectivity index (χ0v) is 11.7. The predicted molar refractivity (Wildman–Crippen MR) is 82.7 cm³/mol. The average molecular weight is 283 g/mol. The first kappa shape index (κ1) is 14.6. The van der Waals surface area contributed by atoms with Gasteiger partial charge in [0.1, 0.15) is 0 Å². The molecule has 0 saturated carbocycles. The molecular formula is C16H17N3O2. The van der Waals surface area contributed by atoms with Crippen molar-refractivity contribution in [2.75, 3.05) is 5.32 Å². The van der Waals surface area contributed by atoms with Crippen LogP contribution in [0.1, 0.15) is 18.1 Å². The van der Waals surface area contributed by atoms with Crippen LogP contribution in [-0.4, -0.2) is 11.8 Å². The molecule has 0 amide bonds. The van der Waals surface area contributed by atoms with Crippen molar-refractivity contribution in [2.45, 2.75) is 13.5 Å². The van der Waals surface area contributed by atoms with Crippen molar-refractivity contribution in [2.24, 2.45) is 10.9 Å². The Morgan fingerprint density at radius 3 is 2.52 bits per heavy atom. The molecule has 5 nitrogen and oxygen atoms in total. The first-order valence-electron chi connectivity index (χ1n) is 6.55. The van der Waals surface area contributed by atoms with E-state index in [1.807, 2.05) is 54.6 Å². The predicted octanol–water partition coefficient (Wildman–Crippen LogP) is 2.48. The van der Waals surface area contributed by atoms with Gasteiger partial charge in [-0.15, -0.1) is 0 Å². The molecule has 21 heavy (non-hydrogen) atoms. The average Bonchev–Trinajstić information content (AvgIpc) is 2.52. The number of nitrogens with zero attached hydrogens (tertiary/aromatic N) is 1. The van der Waals surface area contributed by atoms with Crippen molar-refractivity contribution in [1.82, 2.24) is 0 Å². The van der Waals surface area contributed by atoms with Crippen LogP contribution >= 0.6 is 0 Å². The van der Waals surface area contributed by atoms with E-state index in [-0.39, 0.29) is 5.84 Å². The van der Waals surface area contributed by atoms with Gasteiger partial charge in [0.15, 0.2) is 5.84 Å². The molecule has 0 aliphatic heterocycles. The van der Waals surface area contributed by atoms with E-state index in [2.05, 4.69) is 15.3 Å². The second kappa shape index (κ2) is 7.09. The normalized spacial score (nSPS) is 11.0. The van der Waals surface area contributed by atoms with Gasteiger partial charge in [0.25, 0.3) is 0 Å². The summed E-state index contributed by atoms with van der Waals surface area (Å²) >= 11 is 0. The molecule has 5 heteroatoms. The van der Waals surface area contributed by atoms with Crippen molar-refractivity contribution >= 4 is 17.5 Å². The van der Waals surface area contributed by atoms with Crippen LogP contribution in [0.4, 0.5) is 5.69 Å². The molecule has 0 spiro atoms. The second-order valence-electron chi connectivity index (χ2n) is 4.44. The van der Waals surface area contributed by atoms with Gasteiger partial charge >= 0.3 is 5.97 Å². The molecule has 108 valence electrons. The highest BCUT2D eigenvalue weighted by Crippen LogP contribution is 2.16. The van der Waals surface area contributed by atoms with Crippen molar-refractivity contribution in [3.63, 3.8) is 0 Å². The number of carbonyl (C=O) groups excluding carboxylic acids is 1. The summed E-state index contributed by atoms with van der Waals surface area (Å²) in [6.07, 6.45) is 0. The number of oxime groups is 1. The van der Waals surface area contributed by atoms with Gasteiger partial charge in [-0.2, -0.15) is 0 Å². The molecular weight excluding hydrogens is 266 g/mol. The standard InChI is InChI=1S/C16H17N3O2/c1-12(20)21-19-16(17)14-9-5-6-10-15(14)18-11-13-7-3-2-4-8-13/h2-10,18H,11H2,1H3,(H2,17,19). The highest BCUT2D eigenvalue weighted by atomic mass is 16.7. The Labute approximate surface area is 123 Å². The summed E-state index contributed by atoms with van der Waals surface area (Å²) in [4.78, 5) is 15.3. The fraction of sp³-hybridized carbons (Fsp3) is 0.125. The zero-order chi connectivity index (χ0) is 15.1. The molecule has 0 fully saturated rings. The van der Waals surface area contributed by atoms with Crippen LogP contribution in [0.25, 0.3) is 0 Å². The maximum absolute atomic E-state index is 10.8. The van der Waals surface area contributed by atoms with Gasteiger partial charge in [-0.25, -0.2) is 4.79 Å². The van der Waals surface area contributed by atoms with E-state index in [4.69, 9.17) is 5.73 Å². The lowest BCUT2D eigenvalue weighted by Gasteiger charge is -2.11. The van der Waals surface area contributed by atoms with Crippen molar-refractivity contribution in [3.8, 4) is 0 Å². The number of amidine groups is 1. The number of hydrogen-bond acceptors (Lipinski definition) is 4. The topological polar surface area (TPSA) is 76.7 Å².